The average molecular weight is 300 g/mol. The highest BCUT2D eigenvalue weighted by Crippen LogP contribution is 2.29. The minimum Gasteiger partial charge on any atom is -0.481 e. The molecular formula is C14H24N2O5. The Bertz CT molecular complexity index is 439. The molecule has 2 heterocycles. The van der Waals surface area contributed by atoms with E-state index in [2.05, 4.69) is 5.32 Å². The van der Waals surface area contributed by atoms with E-state index in [0.29, 0.717) is 13.1 Å². The SMILES string of the molecule is CC1CN(C(=O)NC2COCC2(C)C(=O)O)CC(C)(C)O1. The van der Waals surface area contributed by atoms with Gasteiger partial charge in [0.05, 0.1) is 37.5 Å². The first-order chi connectivity index (χ1) is 9.64. The fraction of sp³-hybridized carbons (Fsp3) is 0.857. The third-order valence-corrected chi connectivity index (χ3v) is 4.10. The van der Waals surface area contributed by atoms with E-state index in [1.165, 1.54) is 0 Å². The number of carbonyl (C=O) groups excluding carboxylic acids is 1. The molecule has 0 aromatic carbocycles. The van der Waals surface area contributed by atoms with Crippen LogP contribution in [0.1, 0.15) is 27.7 Å². The molecule has 0 aromatic heterocycles. The summed E-state index contributed by atoms with van der Waals surface area (Å²) in [7, 11) is 0. The van der Waals surface area contributed by atoms with Gasteiger partial charge < -0.3 is 24.8 Å². The fourth-order valence-electron chi connectivity index (χ4n) is 2.93. The Morgan fingerprint density at radius 1 is 1.33 bits per heavy atom. The number of hydrogen-bond acceptors (Lipinski definition) is 4. The van der Waals surface area contributed by atoms with Crippen LogP contribution in [0.15, 0.2) is 0 Å². The van der Waals surface area contributed by atoms with E-state index < -0.39 is 23.0 Å². The first-order valence-corrected chi connectivity index (χ1v) is 7.18. The van der Waals surface area contributed by atoms with Crippen LogP contribution in [0.5, 0.6) is 0 Å². The molecule has 0 saturated carbocycles. The van der Waals surface area contributed by atoms with Crippen molar-refractivity contribution in [1.82, 2.24) is 10.2 Å². The normalized spacial score (nSPS) is 35.5. The quantitative estimate of drug-likeness (QED) is 0.783. The highest BCUT2D eigenvalue weighted by Gasteiger charge is 2.48. The van der Waals surface area contributed by atoms with Gasteiger partial charge in [-0.2, -0.15) is 0 Å². The highest BCUT2D eigenvalue weighted by molar-refractivity contribution is 5.79. The molecule has 2 saturated heterocycles. The molecule has 21 heavy (non-hydrogen) atoms. The zero-order valence-electron chi connectivity index (χ0n) is 13.0. The molecular weight excluding hydrogens is 276 g/mol. The zero-order valence-corrected chi connectivity index (χ0v) is 13.0. The summed E-state index contributed by atoms with van der Waals surface area (Å²) in [5.74, 6) is -0.957. The van der Waals surface area contributed by atoms with Crippen LogP contribution in [-0.2, 0) is 14.3 Å². The van der Waals surface area contributed by atoms with Gasteiger partial charge in [-0.3, -0.25) is 4.79 Å². The van der Waals surface area contributed by atoms with Gasteiger partial charge in [-0.15, -0.1) is 0 Å². The number of carboxylic acids is 1. The van der Waals surface area contributed by atoms with Crippen molar-refractivity contribution in [2.24, 2.45) is 5.41 Å². The van der Waals surface area contributed by atoms with E-state index in [0.717, 1.165) is 0 Å². The number of amides is 2. The van der Waals surface area contributed by atoms with Crippen LogP contribution in [0.4, 0.5) is 4.79 Å². The molecule has 2 fully saturated rings. The van der Waals surface area contributed by atoms with Crippen molar-refractivity contribution in [2.45, 2.75) is 45.4 Å². The fourth-order valence-corrected chi connectivity index (χ4v) is 2.93. The molecule has 7 nitrogen and oxygen atoms in total. The maximum absolute atomic E-state index is 12.4. The van der Waals surface area contributed by atoms with Crippen molar-refractivity contribution >= 4 is 12.0 Å². The maximum Gasteiger partial charge on any atom is 0.317 e. The third kappa shape index (κ3) is 3.29. The highest BCUT2D eigenvalue weighted by atomic mass is 16.5. The number of ether oxygens (including phenoxy) is 2. The van der Waals surface area contributed by atoms with Gasteiger partial charge in [-0.1, -0.05) is 0 Å². The summed E-state index contributed by atoms with van der Waals surface area (Å²) >= 11 is 0. The summed E-state index contributed by atoms with van der Waals surface area (Å²) in [5, 5.41) is 12.1. The smallest absolute Gasteiger partial charge is 0.317 e. The van der Waals surface area contributed by atoms with Gasteiger partial charge in [0.15, 0.2) is 0 Å². The molecule has 0 bridgehead atoms. The molecule has 3 atom stereocenters. The predicted octanol–water partition coefficient (Wildman–Crippen LogP) is 0.685. The summed E-state index contributed by atoms with van der Waals surface area (Å²) < 4.78 is 11.0. The van der Waals surface area contributed by atoms with Crippen LogP contribution >= 0.6 is 0 Å². The number of nitrogens with zero attached hydrogens (tertiary/aromatic N) is 1. The molecule has 120 valence electrons. The second-order valence-corrected chi connectivity index (χ2v) is 6.81. The molecule has 3 unspecified atom stereocenters. The lowest BCUT2D eigenvalue weighted by Gasteiger charge is -2.42. The molecule has 7 heteroatoms. The lowest BCUT2D eigenvalue weighted by molar-refractivity contribution is -0.148. The number of carboxylic acid groups (broad SMARTS) is 1. The van der Waals surface area contributed by atoms with E-state index >= 15 is 0 Å². The van der Waals surface area contributed by atoms with Gasteiger partial charge in [0.2, 0.25) is 0 Å². The number of hydrogen-bond donors (Lipinski definition) is 2. The number of morpholine rings is 1. The van der Waals surface area contributed by atoms with E-state index in [9.17, 15) is 14.7 Å². The van der Waals surface area contributed by atoms with Gasteiger partial charge >= 0.3 is 12.0 Å². The monoisotopic (exact) mass is 300 g/mol. The number of urea groups is 1. The van der Waals surface area contributed by atoms with Crippen LogP contribution in [0.3, 0.4) is 0 Å². The van der Waals surface area contributed by atoms with Gasteiger partial charge in [-0.25, -0.2) is 4.79 Å². The van der Waals surface area contributed by atoms with Crippen molar-refractivity contribution in [3.05, 3.63) is 0 Å². The lowest BCUT2D eigenvalue weighted by atomic mass is 9.85. The minimum atomic E-state index is -1.08. The summed E-state index contributed by atoms with van der Waals surface area (Å²) in [5.41, 5.74) is -1.49. The van der Waals surface area contributed by atoms with Gasteiger partial charge in [0.1, 0.15) is 5.41 Å². The van der Waals surface area contributed by atoms with Crippen molar-refractivity contribution in [2.75, 3.05) is 26.3 Å². The van der Waals surface area contributed by atoms with Gasteiger partial charge in [0, 0.05) is 6.54 Å². The lowest BCUT2D eigenvalue weighted by Crippen LogP contribution is -2.59. The van der Waals surface area contributed by atoms with Crippen LogP contribution < -0.4 is 5.32 Å². The Hall–Kier alpha value is -1.34. The molecule has 2 aliphatic rings. The molecule has 2 rings (SSSR count). The molecule has 0 spiro atoms. The summed E-state index contributed by atoms with van der Waals surface area (Å²) in [6.45, 7) is 8.68. The average Bonchev–Trinajstić information content (AvgIpc) is 2.69. The van der Waals surface area contributed by atoms with Crippen molar-refractivity contribution in [1.29, 1.82) is 0 Å². The molecule has 2 N–H and O–H groups in total. The number of nitrogens with one attached hydrogen (secondary N) is 1. The topological polar surface area (TPSA) is 88.1 Å². The van der Waals surface area contributed by atoms with E-state index in [1.807, 2.05) is 20.8 Å². The van der Waals surface area contributed by atoms with Crippen LogP contribution in [-0.4, -0.2) is 66.1 Å². The summed E-state index contributed by atoms with van der Waals surface area (Å²) in [6.07, 6.45) is -0.0508. The Kier molecular flexibility index (Phi) is 4.17. The number of aliphatic carboxylic acids is 1. The molecule has 0 aliphatic carbocycles. The van der Waals surface area contributed by atoms with E-state index in [-0.39, 0.29) is 25.3 Å². The second-order valence-electron chi connectivity index (χ2n) is 6.81. The van der Waals surface area contributed by atoms with Crippen molar-refractivity contribution < 1.29 is 24.2 Å². The summed E-state index contributed by atoms with van der Waals surface area (Å²) in [4.78, 5) is 25.5. The number of carbonyl (C=O) groups is 2. The minimum absolute atomic E-state index is 0.0508. The van der Waals surface area contributed by atoms with E-state index in [4.69, 9.17) is 9.47 Å². The van der Waals surface area contributed by atoms with Crippen LogP contribution in [0, 0.1) is 5.41 Å². The van der Waals surface area contributed by atoms with E-state index in [1.54, 1.807) is 11.8 Å². The predicted molar refractivity (Wildman–Crippen MR) is 75.1 cm³/mol. The largest absolute Gasteiger partial charge is 0.481 e. The van der Waals surface area contributed by atoms with Crippen molar-refractivity contribution in [3.63, 3.8) is 0 Å². The standard InChI is InChI=1S/C14H24N2O5/c1-9-5-16(7-13(2,3)21-9)12(19)15-10-6-20-8-14(10,4)11(17)18/h9-10H,5-8H2,1-4H3,(H,15,19)(H,17,18). The molecule has 0 aromatic rings. The summed E-state index contributed by atoms with van der Waals surface area (Å²) in [6, 6.07) is -0.787. The Balaban J connectivity index is 2.03. The van der Waals surface area contributed by atoms with Crippen LogP contribution in [0.25, 0.3) is 0 Å². The maximum atomic E-state index is 12.4. The van der Waals surface area contributed by atoms with Gasteiger partial charge in [-0.05, 0) is 27.7 Å². The molecule has 2 aliphatic heterocycles. The Morgan fingerprint density at radius 2 is 2.00 bits per heavy atom. The Labute approximate surface area is 124 Å². The van der Waals surface area contributed by atoms with Crippen LogP contribution in [0.2, 0.25) is 0 Å². The zero-order chi connectivity index (χ0) is 15.8. The first kappa shape index (κ1) is 16.0. The Morgan fingerprint density at radius 3 is 2.57 bits per heavy atom. The molecule has 0 radical (unpaired) electrons. The van der Waals surface area contributed by atoms with Crippen molar-refractivity contribution in [3.8, 4) is 0 Å². The first-order valence-electron chi connectivity index (χ1n) is 7.18. The molecule has 2 amide bonds. The number of rotatable bonds is 2. The van der Waals surface area contributed by atoms with Gasteiger partial charge in [0.25, 0.3) is 0 Å². The third-order valence-electron chi connectivity index (χ3n) is 4.10. The second kappa shape index (κ2) is 5.46.